The first-order valence-electron chi connectivity index (χ1n) is 9.10. The van der Waals surface area contributed by atoms with Crippen molar-refractivity contribution in [2.45, 2.75) is 6.92 Å². The number of guanidine groups is 1. The number of para-hydroxylation sites is 2. The maximum absolute atomic E-state index is 12.8. The molecule has 2 aromatic rings. The van der Waals surface area contributed by atoms with Gasteiger partial charge in [-0.2, -0.15) is 0 Å². The van der Waals surface area contributed by atoms with Crippen LogP contribution in [-0.2, 0) is 0 Å². The van der Waals surface area contributed by atoms with Gasteiger partial charge in [0.1, 0.15) is 11.4 Å². The average Bonchev–Trinajstić information content (AvgIpc) is 2.68. The van der Waals surface area contributed by atoms with E-state index in [1.165, 1.54) is 0 Å². The van der Waals surface area contributed by atoms with Crippen LogP contribution in [0.1, 0.15) is 15.9 Å². The molecule has 1 amide bonds. The van der Waals surface area contributed by atoms with Crippen molar-refractivity contribution in [1.29, 1.82) is 0 Å². The molecule has 0 aliphatic carbocycles. The SMILES string of the molecule is COc1ccccc1N=C(NC(=O)c1cccc(C)c1)N1CCN(C)CC1. The van der Waals surface area contributed by atoms with Crippen LogP contribution < -0.4 is 10.1 Å². The zero-order chi connectivity index (χ0) is 19.2. The van der Waals surface area contributed by atoms with E-state index in [0.29, 0.717) is 23.0 Å². The first-order valence-corrected chi connectivity index (χ1v) is 9.10. The van der Waals surface area contributed by atoms with Crippen LogP contribution in [0.25, 0.3) is 0 Å². The van der Waals surface area contributed by atoms with Gasteiger partial charge in [0.2, 0.25) is 5.96 Å². The fourth-order valence-electron chi connectivity index (χ4n) is 2.99. The lowest BCUT2D eigenvalue weighted by Crippen LogP contribution is -2.52. The summed E-state index contributed by atoms with van der Waals surface area (Å²) >= 11 is 0. The minimum absolute atomic E-state index is 0.161. The molecular formula is C21H26N4O2. The number of methoxy groups -OCH3 is 1. The van der Waals surface area contributed by atoms with Crippen LogP contribution in [-0.4, -0.2) is 62.0 Å². The Balaban J connectivity index is 1.90. The number of nitrogens with zero attached hydrogens (tertiary/aromatic N) is 3. The Hall–Kier alpha value is -2.86. The fraction of sp³-hybridized carbons (Fsp3) is 0.333. The molecule has 6 heteroatoms. The van der Waals surface area contributed by atoms with Crippen molar-refractivity contribution in [2.24, 2.45) is 4.99 Å². The predicted molar refractivity (Wildman–Crippen MR) is 108 cm³/mol. The Morgan fingerprint density at radius 1 is 1.07 bits per heavy atom. The van der Waals surface area contributed by atoms with Crippen LogP contribution in [0, 0.1) is 6.92 Å². The van der Waals surface area contributed by atoms with Crippen LogP contribution in [0.2, 0.25) is 0 Å². The molecule has 1 fully saturated rings. The fourth-order valence-corrected chi connectivity index (χ4v) is 2.99. The summed E-state index contributed by atoms with van der Waals surface area (Å²) in [6.45, 7) is 5.43. The van der Waals surface area contributed by atoms with E-state index in [1.807, 2.05) is 55.5 Å². The first-order chi connectivity index (χ1) is 13.1. The number of benzene rings is 2. The van der Waals surface area contributed by atoms with Crippen molar-refractivity contribution in [3.8, 4) is 5.75 Å². The third-order valence-electron chi connectivity index (χ3n) is 4.62. The third-order valence-corrected chi connectivity index (χ3v) is 4.62. The lowest BCUT2D eigenvalue weighted by Gasteiger charge is -2.34. The molecule has 6 nitrogen and oxygen atoms in total. The molecule has 27 heavy (non-hydrogen) atoms. The van der Waals surface area contributed by atoms with Gasteiger partial charge in [0.15, 0.2) is 0 Å². The highest BCUT2D eigenvalue weighted by atomic mass is 16.5. The van der Waals surface area contributed by atoms with E-state index in [0.717, 1.165) is 31.7 Å². The Morgan fingerprint density at radius 2 is 1.81 bits per heavy atom. The largest absolute Gasteiger partial charge is 0.494 e. The van der Waals surface area contributed by atoms with Crippen LogP contribution in [0.3, 0.4) is 0 Å². The molecule has 1 N–H and O–H groups in total. The van der Waals surface area contributed by atoms with Gasteiger partial charge in [-0.3, -0.25) is 10.1 Å². The van der Waals surface area contributed by atoms with E-state index in [4.69, 9.17) is 9.73 Å². The van der Waals surface area contributed by atoms with Gasteiger partial charge >= 0.3 is 0 Å². The van der Waals surface area contributed by atoms with Crippen molar-refractivity contribution >= 4 is 17.6 Å². The maximum atomic E-state index is 12.8. The van der Waals surface area contributed by atoms with E-state index in [1.54, 1.807) is 7.11 Å². The van der Waals surface area contributed by atoms with Gasteiger partial charge in [-0.15, -0.1) is 0 Å². The minimum atomic E-state index is -0.161. The Labute approximate surface area is 160 Å². The summed E-state index contributed by atoms with van der Waals surface area (Å²) in [7, 11) is 3.72. The molecule has 0 unspecified atom stereocenters. The summed E-state index contributed by atoms with van der Waals surface area (Å²) in [4.78, 5) is 21.9. The lowest BCUT2D eigenvalue weighted by molar-refractivity contribution is 0.0969. The molecule has 2 aromatic carbocycles. The summed E-state index contributed by atoms with van der Waals surface area (Å²) in [6, 6.07) is 15.1. The van der Waals surface area contributed by atoms with Gasteiger partial charge < -0.3 is 14.5 Å². The number of aryl methyl sites for hydroxylation is 1. The number of rotatable bonds is 3. The average molecular weight is 366 g/mol. The highest BCUT2D eigenvalue weighted by Gasteiger charge is 2.20. The number of piperazine rings is 1. The zero-order valence-corrected chi connectivity index (χ0v) is 16.1. The second-order valence-electron chi connectivity index (χ2n) is 6.72. The molecule has 0 radical (unpaired) electrons. The Morgan fingerprint density at radius 3 is 2.52 bits per heavy atom. The number of carbonyl (C=O) groups is 1. The number of hydrogen-bond acceptors (Lipinski definition) is 4. The van der Waals surface area contributed by atoms with E-state index in [2.05, 4.69) is 22.2 Å². The van der Waals surface area contributed by atoms with Gasteiger partial charge in [-0.05, 0) is 38.2 Å². The number of nitrogens with one attached hydrogen (secondary N) is 1. The van der Waals surface area contributed by atoms with Crippen molar-refractivity contribution in [3.63, 3.8) is 0 Å². The minimum Gasteiger partial charge on any atom is -0.494 e. The summed E-state index contributed by atoms with van der Waals surface area (Å²) in [5.41, 5.74) is 2.36. The second kappa shape index (κ2) is 8.68. The van der Waals surface area contributed by atoms with E-state index >= 15 is 0 Å². The van der Waals surface area contributed by atoms with Crippen LogP contribution in [0.15, 0.2) is 53.5 Å². The molecule has 0 spiro atoms. The zero-order valence-electron chi connectivity index (χ0n) is 16.1. The summed E-state index contributed by atoms with van der Waals surface area (Å²) in [5.74, 6) is 1.07. The highest BCUT2D eigenvalue weighted by molar-refractivity contribution is 6.06. The van der Waals surface area contributed by atoms with Crippen molar-refractivity contribution in [3.05, 3.63) is 59.7 Å². The topological polar surface area (TPSA) is 57.2 Å². The van der Waals surface area contributed by atoms with Gasteiger partial charge in [0.05, 0.1) is 7.11 Å². The molecule has 1 aliphatic heterocycles. The molecule has 0 bridgehead atoms. The van der Waals surface area contributed by atoms with Crippen molar-refractivity contribution in [2.75, 3.05) is 40.3 Å². The second-order valence-corrected chi connectivity index (χ2v) is 6.72. The van der Waals surface area contributed by atoms with Gasteiger partial charge in [0.25, 0.3) is 5.91 Å². The Bertz CT molecular complexity index is 826. The van der Waals surface area contributed by atoms with E-state index in [-0.39, 0.29) is 5.91 Å². The molecule has 0 saturated carbocycles. The summed E-state index contributed by atoms with van der Waals surface area (Å²) < 4.78 is 5.41. The molecular weight excluding hydrogens is 340 g/mol. The maximum Gasteiger partial charge on any atom is 0.257 e. The van der Waals surface area contributed by atoms with Crippen LogP contribution in [0.4, 0.5) is 5.69 Å². The van der Waals surface area contributed by atoms with Crippen LogP contribution >= 0.6 is 0 Å². The number of amides is 1. The van der Waals surface area contributed by atoms with Gasteiger partial charge in [0, 0.05) is 31.7 Å². The summed E-state index contributed by atoms with van der Waals surface area (Å²) in [5, 5.41) is 3.01. The number of aliphatic imine (C=N–C) groups is 1. The third kappa shape index (κ3) is 4.86. The number of likely N-dealkylation sites (N-methyl/N-ethyl adjacent to an activating group) is 1. The highest BCUT2D eigenvalue weighted by Crippen LogP contribution is 2.26. The molecule has 1 heterocycles. The van der Waals surface area contributed by atoms with Crippen molar-refractivity contribution < 1.29 is 9.53 Å². The molecule has 142 valence electrons. The Kier molecular flexibility index (Phi) is 6.08. The first kappa shape index (κ1) is 18.9. The van der Waals surface area contributed by atoms with Crippen molar-refractivity contribution in [1.82, 2.24) is 15.1 Å². The number of carbonyl (C=O) groups excluding carboxylic acids is 1. The molecule has 0 aromatic heterocycles. The monoisotopic (exact) mass is 366 g/mol. The normalized spacial score (nSPS) is 15.5. The molecule has 1 aliphatic rings. The van der Waals surface area contributed by atoms with Crippen LogP contribution in [0.5, 0.6) is 5.75 Å². The molecule has 1 saturated heterocycles. The quantitative estimate of drug-likeness (QED) is 0.670. The number of hydrogen-bond donors (Lipinski definition) is 1. The standard InChI is InChI=1S/C21H26N4O2/c1-16-7-6-8-17(15-16)20(26)23-21(25-13-11-24(2)12-14-25)22-18-9-4-5-10-19(18)27-3/h4-10,15H,11-14H2,1-3H3,(H,22,23,26). The van der Waals surface area contributed by atoms with Gasteiger partial charge in [-0.1, -0.05) is 29.8 Å². The molecule has 0 atom stereocenters. The van der Waals surface area contributed by atoms with E-state index < -0.39 is 0 Å². The predicted octanol–water partition coefficient (Wildman–Crippen LogP) is 2.67. The summed E-state index contributed by atoms with van der Waals surface area (Å²) in [6.07, 6.45) is 0. The van der Waals surface area contributed by atoms with Gasteiger partial charge in [-0.25, -0.2) is 4.99 Å². The number of ether oxygens (including phenoxy) is 1. The smallest absolute Gasteiger partial charge is 0.257 e. The lowest BCUT2D eigenvalue weighted by atomic mass is 10.1. The molecule has 3 rings (SSSR count). The van der Waals surface area contributed by atoms with E-state index in [9.17, 15) is 4.79 Å².